The normalized spacial score (nSPS) is 10.9. The van der Waals surface area contributed by atoms with Gasteiger partial charge in [-0.2, -0.15) is 5.10 Å². The molecule has 3 rings (SSSR count). The first-order chi connectivity index (χ1) is 10.5. The summed E-state index contributed by atoms with van der Waals surface area (Å²) >= 11 is 6.39. The number of benzene rings is 2. The molecule has 4 nitrogen and oxygen atoms in total. The molecule has 0 aliphatic carbocycles. The van der Waals surface area contributed by atoms with Crippen LogP contribution in [0.1, 0.15) is 16.1 Å². The average molecular weight is 314 g/mol. The molecule has 3 aromatic rings. The highest BCUT2D eigenvalue weighted by Gasteiger charge is 2.18. The number of aryl methyl sites for hydroxylation is 2. The van der Waals surface area contributed by atoms with Crippen molar-refractivity contribution in [3.05, 3.63) is 52.7 Å². The van der Waals surface area contributed by atoms with Crippen LogP contribution in [0.2, 0.25) is 5.02 Å². The third-order valence-electron chi connectivity index (χ3n) is 3.72. The molecular formula is C17H16ClN3O. The molecule has 1 N–H and O–H groups in total. The van der Waals surface area contributed by atoms with Gasteiger partial charge in [0.2, 0.25) is 0 Å². The van der Waals surface area contributed by atoms with Crippen molar-refractivity contribution in [2.75, 3.05) is 7.05 Å². The van der Waals surface area contributed by atoms with Crippen LogP contribution in [0.4, 0.5) is 0 Å². The highest BCUT2D eigenvalue weighted by molar-refractivity contribution is 6.33. The van der Waals surface area contributed by atoms with E-state index in [1.54, 1.807) is 18.8 Å². The molecule has 5 heteroatoms. The first-order valence-corrected chi connectivity index (χ1v) is 7.35. The van der Waals surface area contributed by atoms with Gasteiger partial charge in [-0.15, -0.1) is 0 Å². The fourth-order valence-corrected chi connectivity index (χ4v) is 3.00. The van der Waals surface area contributed by atoms with Crippen molar-refractivity contribution >= 4 is 28.4 Å². The lowest BCUT2D eigenvalue weighted by Gasteiger charge is -2.06. The van der Waals surface area contributed by atoms with Gasteiger partial charge in [0.15, 0.2) is 0 Å². The Hall–Kier alpha value is -2.33. The number of nitrogens with zero attached hydrogens (tertiary/aromatic N) is 2. The molecule has 0 unspecified atom stereocenters. The van der Waals surface area contributed by atoms with E-state index in [0.717, 1.165) is 27.6 Å². The Balaban J connectivity index is 2.30. The molecule has 0 atom stereocenters. The Labute approximate surface area is 133 Å². The highest BCUT2D eigenvalue weighted by atomic mass is 35.5. The van der Waals surface area contributed by atoms with Gasteiger partial charge in [0.1, 0.15) is 11.2 Å². The van der Waals surface area contributed by atoms with Crippen LogP contribution in [0.15, 0.2) is 36.4 Å². The minimum Gasteiger partial charge on any atom is -0.354 e. The highest BCUT2D eigenvalue weighted by Crippen LogP contribution is 2.34. The summed E-state index contributed by atoms with van der Waals surface area (Å²) in [7, 11) is 3.38. The molecule has 1 heterocycles. The zero-order chi connectivity index (χ0) is 15.9. The molecule has 2 aromatic carbocycles. The van der Waals surface area contributed by atoms with Gasteiger partial charge in [-0.3, -0.25) is 9.48 Å². The van der Waals surface area contributed by atoms with E-state index < -0.39 is 0 Å². The van der Waals surface area contributed by atoms with Crippen molar-refractivity contribution in [2.24, 2.45) is 7.05 Å². The van der Waals surface area contributed by atoms with Crippen LogP contribution in [0.3, 0.4) is 0 Å². The predicted octanol–water partition coefficient (Wildman–Crippen LogP) is 3.56. The molecule has 0 spiro atoms. The maximum absolute atomic E-state index is 12.1. The first kappa shape index (κ1) is 14.6. The van der Waals surface area contributed by atoms with E-state index in [4.69, 9.17) is 11.6 Å². The van der Waals surface area contributed by atoms with Gasteiger partial charge in [0, 0.05) is 35.6 Å². The predicted molar refractivity (Wildman–Crippen MR) is 89.3 cm³/mol. The van der Waals surface area contributed by atoms with Gasteiger partial charge >= 0.3 is 0 Å². The van der Waals surface area contributed by atoms with Crippen molar-refractivity contribution in [1.82, 2.24) is 15.1 Å². The summed E-state index contributed by atoms with van der Waals surface area (Å²) in [5.41, 5.74) is 4.26. The van der Waals surface area contributed by atoms with Crippen molar-refractivity contribution in [2.45, 2.75) is 6.92 Å². The van der Waals surface area contributed by atoms with Gasteiger partial charge in [-0.1, -0.05) is 41.9 Å². The molecule has 112 valence electrons. The molecule has 0 bridgehead atoms. The van der Waals surface area contributed by atoms with E-state index in [2.05, 4.69) is 10.4 Å². The van der Waals surface area contributed by atoms with E-state index in [1.165, 1.54) is 0 Å². The Morgan fingerprint density at radius 3 is 2.68 bits per heavy atom. The summed E-state index contributed by atoms with van der Waals surface area (Å²) in [4.78, 5) is 12.1. The maximum atomic E-state index is 12.1. The Morgan fingerprint density at radius 2 is 2.00 bits per heavy atom. The monoisotopic (exact) mass is 313 g/mol. The van der Waals surface area contributed by atoms with Crippen molar-refractivity contribution < 1.29 is 4.79 Å². The molecular weight excluding hydrogens is 298 g/mol. The van der Waals surface area contributed by atoms with Crippen LogP contribution >= 0.6 is 11.6 Å². The number of hydrogen-bond acceptors (Lipinski definition) is 2. The SMILES string of the molecule is CNC(=O)c1c2cccc(-c3ccc(C)cc3Cl)c2nn1C. The second kappa shape index (κ2) is 5.46. The summed E-state index contributed by atoms with van der Waals surface area (Å²) in [6.45, 7) is 2.00. The first-order valence-electron chi connectivity index (χ1n) is 6.97. The van der Waals surface area contributed by atoms with E-state index in [1.807, 2.05) is 43.3 Å². The standard InChI is InChI=1S/C17H16ClN3O/c1-10-7-8-11(14(18)9-10)12-5-4-6-13-15(12)20-21(3)16(13)17(22)19-2/h4-9H,1-3H3,(H,19,22). The van der Waals surface area contributed by atoms with Crippen LogP contribution < -0.4 is 5.32 Å². The average Bonchev–Trinajstić information content (AvgIpc) is 2.82. The number of carbonyl (C=O) groups excluding carboxylic acids is 1. The quantitative estimate of drug-likeness (QED) is 0.786. The fraction of sp³-hybridized carbons (Fsp3) is 0.176. The largest absolute Gasteiger partial charge is 0.354 e. The number of hydrogen-bond donors (Lipinski definition) is 1. The molecule has 1 aromatic heterocycles. The number of amides is 1. The molecule has 0 aliphatic heterocycles. The van der Waals surface area contributed by atoms with E-state index in [0.29, 0.717) is 10.7 Å². The van der Waals surface area contributed by atoms with Crippen LogP contribution in [0.25, 0.3) is 22.0 Å². The number of carbonyl (C=O) groups is 1. The Kier molecular flexibility index (Phi) is 3.62. The third kappa shape index (κ3) is 2.25. The number of nitrogens with one attached hydrogen (secondary N) is 1. The molecule has 0 fully saturated rings. The zero-order valence-electron chi connectivity index (χ0n) is 12.6. The van der Waals surface area contributed by atoms with Gasteiger partial charge in [0.05, 0.1) is 0 Å². The van der Waals surface area contributed by atoms with Gasteiger partial charge in [-0.05, 0) is 18.6 Å². The van der Waals surface area contributed by atoms with E-state index in [9.17, 15) is 4.79 Å². The van der Waals surface area contributed by atoms with Gasteiger partial charge in [-0.25, -0.2) is 0 Å². The van der Waals surface area contributed by atoms with Crippen LogP contribution in [0, 0.1) is 6.92 Å². The smallest absolute Gasteiger partial charge is 0.269 e. The van der Waals surface area contributed by atoms with Crippen molar-refractivity contribution in [3.63, 3.8) is 0 Å². The summed E-state index contributed by atoms with van der Waals surface area (Å²) in [5, 5.41) is 8.67. The van der Waals surface area contributed by atoms with Gasteiger partial charge < -0.3 is 5.32 Å². The number of fused-ring (bicyclic) bond motifs is 1. The molecule has 22 heavy (non-hydrogen) atoms. The summed E-state index contributed by atoms with van der Waals surface area (Å²) < 4.78 is 1.61. The molecule has 0 saturated heterocycles. The maximum Gasteiger partial charge on any atom is 0.269 e. The van der Waals surface area contributed by atoms with Crippen LogP contribution in [0.5, 0.6) is 0 Å². The van der Waals surface area contributed by atoms with Crippen molar-refractivity contribution in [1.29, 1.82) is 0 Å². The summed E-state index contributed by atoms with van der Waals surface area (Å²) in [5.74, 6) is -0.155. The number of rotatable bonds is 2. The minimum atomic E-state index is -0.155. The number of halogens is 1. The molecule has 0 radical (unpaired) electrons. The third-order valence-corrected chi connectivity index (χ3v) is 4.03. The second-order valence-corrected chi connectivity index (χ2v) is 5.64. The number of aromatic nitrogens is 2. The van der Waals surface area contributed by atoms with Gasteiger partial charge in [0.25, 0.3) is 5.91 Å². The minimum absolute atomic E-state index is 0.155. The van der Waals surface area contributed by atoms with Crippen LogP contribution in [-0.4, -0.2) is 22.7 Å². The summed E-state index contributed by atoms with van der Waals surface area (Å²) in [6.07, 6.45) is 0. The van der Waals surface area contributed by atoms with Crippen molar-refractivity contribution in [3.8, 4) is 11.1 Å². The molecule has 0 saturated carbocycles. The van der Waals surface area contributed by atoms with Crippen LogP contribution in [-0.2, 0) is 7.05 Å². The fourth-order valence-electron chi connectivity index (χ4n) is 2.66. The lowest BCUT2D eigenvalue weighted by atomic mass is 10.0. The summed E-state index contributed by atoms with van der Waals surface area (Å²) in [6, 6.07) is 11.7. The molecule has 0 aliphatic rings. The van der Waals surface area contributed by atoms with E-state index in [-0.39, 0.29) is 5.91 Å². The lowest BCUT2D eigenvalue weighted by Crippen LogP contribution is -2.21. The topological polar surface area (TPSA) is 46.9 Å². The Bertz CT molecular complexity index is 883. The van der Waals surface area contributed by atoms with E-state index >= 15 is 0 Å². The Morgan fingerprint density at radius 1 is 1.23 bits per heavy atom. The lowest BCUT2D eigenvalue weighted by molar-refractivity contribution is 0.0955. The second-order valence-electron chi connectivity index (χ2n) is 5.24. The molecule has 1 amide bonds. The zero-order valence-corrected chi connectivity index (χ0v) is 13.4.